The zero-order valence-electron chi connectivity index (χ0n) is 46.4. The third-order valence-electron chi connectivity index (χ3n) is 15.1. The number of nitrogens with one attached hydrogen (secondary N) is 4. The average Bonchev–Trinajstić information content (AvgIpc) is 3.44. The quantitative estimate of drug-likeness (QED) is 0.0177. The van der Waals surface area contributed by atoms with Gasteiger partial charge in [-0.1, -0.05) is 273 Å². The minimum atomic E-state index is -1.82. The standard InChI is InChI=1S/C65H94N8O2/c1-3-5-7-9-11-13-15-17-19-21-23-25-27-29-31-38-51-66-63(74)65(64(75)67-52-39-32-30-28-26-24-22-20-18-16-14-12-10-8-6-4-2)68-57-46-40-42-54-48-50-59(62(69-65)60(54)57)72-71-58-49-47-53-41-36-37-45-56(53)61(58)73-70-55-43-34-33-35-44-55/h33-37,40-50,68-69H,3-32,38-39,51-52H2,1-2H3,(H,66,74)(H,67,75). The van der Waals surface area contributed by atoms with Gasteiger partial charge in [-0.05, 0) is 53.9 Å². The minimum absolute atomic E-state index is 0.416. The largest absolute Gasteiger partial charge is 0.352 e. The molecule has 1 aliphatic rings. The highest BCUT2D eigenvalue weighted by Crippen LogP contribution is 2.45. The molecule has 10 heteroatoms. The van der Waals surface area contributed by atoms with Gasteiger partial charge in [0, 0.05) is 29.5 Å². The smallest absolute Gasteiger partial charge is 0.276 e. The molecular formula is C65H94N8O2. The van der Waals surface area contributed by atoms with Gasteiger partial charge in [-0.2, -0.15) is 5.11 Å². The lowest BCUT2D eigenvalue weighted by atomic mass is 9.96. The van der Waals surface area contributed by atoms with E-state index in [-0.39, 0.29) is 0 Å². The van der Waals surface area contributed by atoms with Crippen LogP contribution in [0.2, 0.25) is 0 Å². The first-order chi connectivity index (χ1) is 37.0. The van der Waals surface area contributed by atoms with Crippen LogP contribution in [0.1, 0.15) is 219 Å². The first-order valence-corrected chi connectivity index (χ1v) is 30.1. The molecule has 6 rings (SSSR count). The highest BCUT2D eigenvalue weighted by atomic mass is 16.2. The lowest BCUT2D eigenvalue weighted by molar-refractivity contribution is -0.134. The lowest BCUT2D eigenvalue weighted by Crippen LogP contribution is -2.67. The van der Waals surface area contributed by atoms with Crippen LogP contribution >= 0.6 is 0 Å². The zero-order valence-corrected chi connectivity index (χ0v) is 46.4. The number of carbonyl (C=O) groups is 2. The van der Waals surface area contributed by atoms with Crippen LogP contribution in [0, 0.1) is 0 Å². The summed E-state index contributed by atoms with van der Waals surface area (Å²) in [7, 11) is 0. The number of azo groups is 2. The monoisotopic (exact) mass is 1020 g/mol. The number of fused-ring (bicyclic) bond motifs is 1. The van der Waals surface area contributed by atoms with Crippen molar-refractivity contribution < 1.29 is 9.59 Å². The summed E-state index contributed by atoms with van der Waals surface area (Å²) < 4.78 is 0. The molecule has 0 aromatic heterocycles. The van der Waals surface area contributed by atoms with Gasteiger partial charge in [0.1, 0.15) is 17.1 Å². The highest BCUT2D eigenvalue weighted by molar-refractivity contribution is 6.21. The Balaban J connectivity index is 1.06. The molecule has 1 aliphatic heterocycles. The Bertz CT molecular complexity index is 2420. The summed E-state index contributed by atoms with van der Waals surface area (Å²) in [6, 6.07) is 31.4. The number of benzene rings is 5. The van der Waals surface area contributed by atoms with E-state index in [1.54, 1.807) is 0 Å². The molecule has 0 unspecified atom stereocenters. The van der Waals surface area contributed by atoms with Crippen LogP contribution in [-0.2, 0) is 9.59 Å². The zero-order chi connectivity index (χ0) is 52.4. The Labute approximate surface area is 452 Å². The highest BCUT2D eigenvalue weighted by Gasteiger charge is 2.49. The third-order valence-corrected chi connectivity index (χ3v) is 15.1. The molecule has 406 valence electrons. The molecule has 2 amide bonds. The van der Waals surface area contributed by atoms with Crippen LogP contribution < -0.4 is 21.3 Å². The van der Waals surface area contributed by atoms with Gasteiger partial charge < -0.3 is 21.3 Å². The van der Waals surface area contributed by atoms with Crippen molar-refractivity contribution in [3.63, 3.8) is 0 Å². The molecule has 0 bridgehead atoms. The fourth-order valence-electron chi connectivity index (χ4n) is 10.6. The molecule has 4 N–H and O–H groups in total. The average molecular weight is 1020 g/mol. The van der Waals surface area contributed by atoms with Gasteiger partial charge in [0.15, 0.2) is 0 Å². The summed E-state index contributed by atoms with van der Waals surface area (Å²) in [5, 5.41) is 35.8. The maximum atomic E-state index is 14.7. The number of anilines is 2. The molecule has 0 radical (unpaired) electrons. The van der Waals surface area contributed by atoms with Crippen LogP contribution in [-0.4, -0.2) is 30.6 Å². The Morgan fingerprint density at radius 2 is 0.827 bits per heavy atom. The number of unbranched alkanes of at least 4 members (excludes halogenated alkanes) is 30. The van der Waals surface area contributed by atoms with E-state index in [1.165, 1.54) is 167 Å². The Kier molecular flexibility index (Phi) is 27.2. The maximum absolute atomic E-state index is 14.7. The lowest BCUT2D eigenvalue weighted by Gasteiger charge is -2.39. The number of rotatable bonds is 40. The van der Waals surface area contributed by atoms with Crippen LogP contribution in [0.5, 0.6) is 0 Å². The van der Waals surface area contributed by atoms with Crippen LogP contribution in [0.4, 0.5) is 34.1 Å². The number of hydrogen-bond acceptors (Lipinski definition) is 8. The number of nitrogens with zero attached hydrogens (tertiary/aromatic N) is 4. The summed E-state index contributed by atoms with van der Waals surface area (Å²) in [4.78, 5) is 29.4. The Hall–Kier alpha value is -5.64. The summed E-state index contributed by atoms with van der Waals surface area (Å²) in [5.74, 6) is -0.832. The fraction of sp³-hybridized carbons (Fsp3) is 0.569. The molecule has 0 saturated carbocycles. The molecule has 0 spiro atoms. The van der Waals surface area contributed by atoms with E-state index in [9.17, 15) is 9.59 Å². The van der Waals surface area contributed by atoms with E-state index in [0.717, 1.165) is 65.8 Å². The van der Waals surface area contributed by atoms with Gasteiger partial charge in [-0.15, -0.1) is 15.3 Å². The molecule has 0 atom stereocenters. The van der Waals surface area contributed by atoms with Crippen LogP contribution in [0.3, 0.4) is 0 Å². The topological polar surface area (TPSA) is 132 Å². The normalized spacial score (nSPS) is 12.9. The van der Waals surface area contributed by atoms with Gasteiger partial charge in [-0.25, -0.2) is 0 Å². The molecule has 10 nitrogen and oxygen atoms in total. The van der Waals surface area contributed by atoms with Gasteiger partial charge in [-0.3, -0.25) is 9.59 Å². The first-order valence-electron chi connectivity index (χ1n) is 30.1. The van der Waals surface area contributed by atoms with Crippen molar-refractivity contribution in [1.29, 1.82) is 0 Å². The summed E-state index contributed by atoms with van der Waals surface area (Å²) >= 11 is 0. The van der Waals surface area contributed by atoms with Crippen LogP contribution in [0.25, 0.3) is 21.5 Å². The van der Waals surface area contributed by atoms with Crippen molar-refractivity contribution in [2.75, 3.05) is 23.7 Å². The second kappa shape index (κ2) is 34.8. The van der Waals surface area contributed by atoms with E-state index in [0.29, 0.717) is 41.5 Å². The molecular weight excluding hydrogens is 925 g/mol. The Morgan fingerprint density at radius 1 is 0.400 bits per heavy atom. The van der Waals surface area contributed by atoms with E-state index < -0.39 is 17.5 Å². The predicted octanol–water partition coefficient (Wildman–Crippen LogP) is 20.1. The number of hydrogen-bond donors (Lipinski definition) is 4. The molecule has 1 heterocycles. The van der Waals surface area contributed by atoms with Gasteiger partial charge in [0.25, 0.3) is 17.5 Å². The van der Waals surface area contributed by atoms with E-state index in [1.807, 2.05) is 97.1 Å². The number of amides is 2. The van der Waals surface area contributed by atoms with Crippen molar-refractivity contribution in [3.8, 4) is 0 Å². The van der Waals surface area contributed by atoms with Gasteiger partial charge in [0.05, 0.1) is 11.4 Å². The molecule has 75 heavy (non-hydrogen) atoms. The second-order valence-corrected chi connectivity index (χ2v) is 21.4. The van der Waals surface area contributed by atoms with Crippen molar-refractivity contribution in [3.05, 3.63) is 97.1 Å². The van der Waals surface area contributed by atoms with Crippen molar-refractivity contribution in [2.24, 2.45) is 20.5 Å². The summed E-state index contributed by atoms with van der Waals surface area (Å²) in [6.45, 7) is 5.53. The van der Waals surface area contributed by atoms with Gasteiger partial charge in [0.2, 0.25) is 0 Å². The molecule has 0 fully saturated rings. The van der Waals surface area contributed by atoms with E-state index in [2.05, 4.69) is 40.2 Å². The maximum Gasteiger partial charge on any atom is 0.276 e. The number of carbonyl (C=O) groups excluding carboxylic acids is 2. The van der Waals surface area contributed by atoms with E-state index in [4.69, 9.17) is 15.3 Å². The third kappa shape index (κ3) is 19.8. The fourth-order valence-corrected chi connectivity index (χ4v) is 10.6. The van der Waals surface area contributed by atoms with Crippen molar-refractivity contribution in [2.45, 2.75) is 225 Å². The molecule has 0 saturated heterocycles. The van der Waals surface area contributed by atoms with Crippen LogP contribution in [0.15, 0.2) is 118 Å². The predicted molar refractivity (Wildman–Crippen MR) is 318 cm³/mol. The molecule has 0 aliphatic carbocycles. The molecule has 5 aromatic rings. The van der Waals surface area contributed by atoms with Gasteiger partial charge >= 0.3 is 0 Å². The van der Waals surface area contributed by atoms with E-state index >= 15 is 0 Å². The summed E-state index contributed by atoms with van der Waals surface area (Å²) in [5.41, 5.74) is 1.79. The minimum Gasteiger partial charge on any atom is -0.352 e. The first kappa shape index (κ1) is 58.6. The van der Waals surface area contributed by atoms with Crippen molar-refractivity contribution >= 4 is 67.5 Å². The molecule has 5 aromatic carbocycles. The van der Waals surface area contributed by atoms with Crippen molar-refractivity contribution in [1.82, 2.24) is 10.6 Å². The SMILES string of the molecule is CCCCCCCCCCCCCCCCCCNC(=O)C1(C(=O)NCCCCCCCCCCCCCCCCCC)Nc2cccc3ccc(N=Nc4ccc5ccccc5c4N=Nc4ccccc4)c(c23)N1. The second-order valence-electron chi connectivity index (χ2n) is 21.4. The Morgan fingerprint density at radius 3 is 1.35 bits per heavy atom. The summed E-state index contributed by atoms with van der Waals surface area (Å²) in [6.07, 6.45) is 41.1.